The van der Waals surface area contributed by atoms with Crippen LogP contribution in [0.2, 0.25) is 0 Å². The predicted molar refractivity (Wildman–Crippen MR) is 86.2 cm³/mol. The van der Waals surface area contributed by atoms with Crippen LogP contribution in [0.25, 0.3) is 0 Å². The van der Waals surface area contributed by atoms with Gasteiger partial charge in [0.2, 0.25) is 5.91 Å². The van der Waals surface area contributed by atoms with Gasteiger partial charge in [-0.2, -0.15) is 0 Å². The molecule has 126 valence electrons. The molecule has 0 saturated heterocycles. The van der Waals surface area contributed by atoms with E-state index in [-0.39, 0.29) is 29.9 Å². The van der Waals surface area contributed by atoms with Gasteiger partial charge in [0.05, 0.1) is 6.54 Å². The van der Waals surface area contributed by atoms with Gasteiger partial charge in [-0.15, -0.1) is 0 Å². The van der Waals surface area contributed by atoms with Crippen molar-refractivity contribution in [2.75, 3.05) is 6.54 Å². The fourth-order valence-corrected chi connectivity index (χ4v) is 2.92. The maximum Gasteiger partial charge on any atom is 0.223 e. The second-order valence-corrected chi connectivity index (χ2v) is 6.45. The highest BCUT2D eigenvalue weighted by Crippen LogP contribution is 2.48. The molecule has 0 heterocycles. The molecule has 3 nitrogen and oxygen atoms in total. The molecule has 1 amide bonds. The summed E-state index contributed by atoms with van der Waals surface area (Å²) in [5.74, 6) is -2.71. The summed E-state index contributed by atoms with van der Waals surface area (Å²) in [5.41, 5.74) is -0.246. The summed E-state index contributed by atoms with van der Waals surface area (Å²) in [6.45, 7) is 1.68. The van der Waals surface area contributed by atoms with Gasteiger partial charge < -0.3 is 10.4 Å². The van der Waals surface area contributed by atoms with Gasteiger partial charge in [-0.05, 0) is 36.5 Å². The number of hydrogen-bond acceptors (Lipinski definition) is 2. The van der Waals surface area contributed by atoms with Gasteiger partial charge in [0, 0.05) is 5.92 Å². The smallest absolute Gasteiger partial charge is 0.223 e. The molecule has 1 aliphatic rings. The van der Waals surface area contributed by atoms with Crippen molar-refractivity contribution < 1.29 is 18.7 Å². The molecule has 5 heteroatoms. The van der Waals surface area contributed by atoms with E-state index in [1.54, 1.807) is 19.1 Å². The number of halogens is 2. The second-order valence-electron chi connectivity index (χ2n) is 6.45. The van der Waals surface area contributed by atoms with Crippen molar-refractivity contribution in [3.63, 3.8) is 0 Å². The molecule has 24 heavy (non-hydrogen) atoms. The summed E-state index contributed by atoms with van der Waals surface area (Å²) in [5, 5.41) is 13.2. The molecular weight excluding hydrogens is 312 g/mol. The van der Waals surface area contributed by atoms with E-state index in [4.69, 9.17) is 0 Å². The second kappa shape index (κ2) is 6.32. The van der Waals surface area contributed by atoms with Crippen LogP contribution in [-0.2, 0) is 10.4 Å². The fraction of sp³-hybridized carbons (Fsp3) is 0.316. The van der Waals surface area contributed by atoms with Crippen LogP contribution in [0.15, 0.2) is 48.5 Å². The Morgan fingerprint density at radius 3 is 2.62 bits per heavy atom. The minimum Gasteiger partial charge on any atom is -0.384 e. The third-order valence-electron chi connectivity index (χ3n) is 4.51. The normalized spacial score (nSPS) is 21.8. The Bertz CT molecular complexity index is 746. The Hall–Kier alpha value is -2.27. The van der Waals surface area contributed by atoms with E-state index in [1.165, 1.54) is 12.1 Å². The third-order valence-corrected chi connectivity index (χ3v) is 4.51. The predicted octanol–water partition coefficient (Wildman–Crippen LogP) is 3.09. The van der Waals surface area contributed by atoms with E-state index in [9.17, 15) is 18.7 Å². The van der Waals surface area contributed by atoms with Crippen molar-refractivity contribution >= 4 is 5.91 Å². The first-order valence-electron chi connectivity index (χ1n) is 7.89. The number of rotatable bonds is 5. The van der Waals surface area contributed by atoms with Gasteiger partial charge in [-0.3, -0.25) is 4.79 Å². The summed E-state index contributed by atoms with van der Waals surface area (Å²) in [6.07, 6.45) is 0.486. The molecule has 0 bridgehead atoms. The first kappa shape index (κ1) is 16.6. The van der Waals surface area contributed by atoms with Gasteiger partial charge in [-0.25, -0.2) is 8.78 Å². The summed E-state index contributed by atoms with van der Waals surface area (Å²) in [4.78, 5) is 12.2. The molecule has 0 aromatic heterocycles. The van der Waals surface area contributed by atoms with Crippen LogP contribution in [0.1, 0.15) is 30.4 Å². The number of hydrogen-bond donors (Lipinski definition) is 2. The summed E-state index contributed by atoms with van der Waals surface area (Å²) >= 11 is 0. The molecule has 0 spiro atoms. The first-order valence-corrected chi connectivity index (χ1v) is 7.89. The van der Waals surface area contributed by atoms with Crippen molar-refractivity contribution in [1.29, 1.82) is 0 Å². The monoisotopic (exact) mass is 331 g/mol. The lowest BCUT2D eigenvalue weighted by atomic mass is 9.96. The maximum atomic E-state index is 13.8. The van der Waals surface area contributed by atoms with Crippen LogP contribution < -0.4 is 5.32 Å². The quantitative estimate of drug-likeness (QED) is 0.884. The molecule has 1 saturated carbocycles. The molecule has 3 unspecified atom stereocenters. The van der Waals surface area contributed by atoms with Crippen LogP contribution in [0.3, 0.4) is 0 Å². The lowest BCUT2D eigenvalue weighted by molar-refractivity contribution is -0.123. The molecule has 2 N–H and O–H groups in total. The number of benzene rings is 2. The van der Waals surface area contributed by atoms with Crippen LogP contribution in [0, 0.1) is 17.6 Å². The Kier molecular flexibility index (Phi) is 4.37. The zero-order valence-electron chi connectivity index (χ0n) is 13.3. The van der Waals surface area contributed by atoms with E-state index < -0.39 is 17.2 Å². The minimum atomic E-state index is -1.19. The van der Waals surface area contributed by atoms with Crippen molar-refractivity contribution in [3.05, 3.63) is 71.3 Å². The van der Waals surface area contributed by atoms with Gasteiger partial charge in [0.25, 0.3) is 0 Å². The van der Waals surface area contributed by atoms with E-state index >= 15 is 0 Å². The SMILES string of the molecule is CC(O)(CNC(=O)C1CC1c1cccc(F)c1F)c1ccccc1. The number of nitrogens with one attached hydrogen (secondary N) is 1. The molecular formula is C19H19F2NO2. The first-order chi connectivity index (χ1) is 11.4. The van der Waals surface area contributed by atoms with Gasteiger partial charge in [0.1, 0.15) is 5.60 Å². The lowest BCUT2D eigenvalue weighted by Crippen LogP contribution is -2.39. The molecule has 1 fully saturated rings. The third kappa shape index (κ3) is 3.31. The highest BCUT2D eigenvalue weighted by molar-refractivity contribution is 5.83. The molecule has 2 aromatic rings. The van der Waals surface area contributed by atoms with Crippen molar-refractivity contribution in [2.45, 2.75) is 24.9 Å². The largest absolute Gasteiger partial charge is 0.384 e. The van der Waals surface area contributed by atoms with E-state index in [1.807, 2.05) is 18.2 Å². The Morgan fingerprint density at radius 2 is 1.92 bits per heavy atom. The highest BCUT2D eigenvalue weighted by atomic mass is 19.2. The molecule has 2 aromatic carbocycles. The molecule has 0 aliphatic heterocycles. The number of amides is 1. The summed E-state index contributed by atoms with van der Waals surface area (Å²) in [7, 11) is 0. The maximum absolute atomic E-state index is 13.8. The average Bonchev–Trinajstić information content (AvgIpc) is 3.37. The van der Waals surface area contributed by atoms with Crippen molar-refractivity contribution in [3.8, 4) is 0 Å². The van der Waals surface area contributed by atoms with Crippen LogP contribution in [-0.4, -0.2) is 17.6 Å². The van der Waals surface area contributed by atoms with Crippen molar-refractivity contribution in [1.82, 2.24) is 5.32 Å². The lowest BCUT2D eigenvalue weighted by Gasteiger charge is -2.24. The highest BCUT2D eigenvalue weighted by Gasteiger charge is 2.45. The Labute approximate surface area is 139 Å². The molecule has 3 atom stereocenters. The average molecular weight is 331 g/mol. The number of carbonyl (C=O) groups excluding carboxylic acids is 1. The van der Waals surface area contributed by atoms with Gasteiger partial charge in [-0.1, -0.05) is 42.5 Å². The Balaban J connectivity index is 1.60. The fourth-order valence-electron chi connectivity index (χ4n) is 2.92. The van der Waals surface area contributed by atoms with Crippen LogP contribution >= 0.6 is 0 Å². The number of carbonyl (C=O) groups is 1. The molecule has 0 radical (unpaired) electrons. The minimum absolute atomic E-state index is 0.0602. The zero-order valence-corrected chi connectivity index (χ0v) is 13.3. The summed E-state index contributed by atoms with van der Waals surface area (Å²) < 4.78 is 27.1. The number of aliphatic hydroxyl groups is 1. The Morgan fingerprint density at radius 1 is 1.21 bits per heavy atom. The van der Waals surface area contributed by atoms with Crippen LogP contribution in [0.5, 0.6) is 0 Å². The van der Waals surface area contributed by atoms with Gasteiger partial charge >= 0.3 is 0 Å². The summed E-state index contributed by atoms with van der Waals surface area (Å²) in [6, 6.07) is 13.1. The van der Waals surface area contributed by atoms with E-state index in [0.29, 0.717) is 12.0 Å². The van der Waals surface area contributed by atoms with E-state index in [0.717, 1.165) is 6.07 Å². The van der Waals surface area contributed by atoms with Crippen LogP contribution in [0.4, 0.5) is 8.78 Å². The van der Waals surface area contributed by atoms with Gasteiger partial charge in [0.15, 0.2) is 11.6 Å². The standard InChI is InChI=1S/C19H19F2NO2/c1-19(24,12-6-3-2-4-7-12)11-22-18(23)15-10-14(15)13-8-5-9-16(20)17(13)21/h2-9,14-15,24H,10-11H2,1H3,(H,22,23). The topological polar surface area (TPSA) is 49.3 Å². The molecule has 3 rings (SSSR count). The van der Waals surface area contributed by atoms with E-state index in [2.05, 4.69) is 5.32 Å². The molecule has 1 aliphatic carbocycles. The van der Waals surface area contributed by atoms with Crippen molar-refractivity contribution in [2.24, 2.45) is 5.92 Å². The zero-order chi connectivity index (χ0) is 17.3.